The van der Waals surface area contributed by atoms with E-state index in [2.05, 4.69) is 31.9 Å². The van der Waals surface area contributed by atoms with Gasteiger partial charge in [0.15, 0.2) is 18.1 Å². The Hall–Kier alpha value is -2.13. The summed E-state index contributed by atoms with van der Waals surface area (Å²) in [6, 6.07) is 11.3. The highest BCUT2D eigenvalue weighted by Crippen LogP contribution is 2.36. The Morgan fingerprint density at radius 3 is 2.50 bits per heavy atom. The lowest BCUT2D eigenvalue weighted by atomic mass is 10.1. The minimum atomic E-state index is -0.241. The number of anilines is 1. The van der Waals surface area contributed by atoms with Crippen LogP contribution >= 0.6 is 15.9 Å². The third kappa shape index (κ3) is 7.95. The topological polar surface area (TPSA) is 91.8 Å². The predicted molar refractivity (Wildman–Crippen MR) is 122 cm³/mol. The molecule has 30 heavy (non-hydrogen) atoms. The highest BCUT2D eigenvalue weighted by atomic mass is 79.9. The van der Waals surface area contributed by atoms with Gasteiger partial charge in [-0.1, -0.05) is 33.6 Å². The van der Waals surface area contributed by atoms with E-state index in [9.17, 15) is 4.79 Å². The SMILES string of the molecule is COc1ccc(Br)c(CNCCCNCCO)c1OCC(=O)Nc1ccc(C)cc1. The number of carbonyl (C=O) groups is 1. The third-order valence-corrected chi connectivity index (χ3v) is 5.11. The molecule has 2 aromatic rings. The van der Waals surface area contributed by atoms with Gasteiger partial charge in [-0.2, -0.15) is 0 Å². The smallest absolute Gasteiger partial charge is 0.262 e. The van der Waals surface area contributed by atoms with Crippen molar-refractivity contribution in [3.8, 4) is 11.5 Å². The number of hydrogen-bond acceptors (Lipinski definition) is 6. The number of rotatable bonds is 13. The largest absolute Gasteiger partial charge is 0.493 e. The molecule has 4 N–H and O–H groups in total. The van der Waals surface area contributed by atoms with Gasteiger partial charge in [0.05, 0.1) is 13.7 Å². The van der Waals surface area contributed by atoms with Crippen molar-refractivity contribution in [1.82, 2.24) is 10.6 Å². The van der Waals surface area contributed by atoms with Gasteiger partial charge in [0, 0.05) is 28.8 Å². The van der Waals surface area contributed by atoms with Crippen molar-refractivity contribution in [2.45, 2.75) is 19.9 Å². The minimum Gasteiger partial charge on any atom is -0.493 e. The van der Waals surface area contributed by atoms with E-state index in [-0.39, 0.29) is 19.1 Å². The van der Waals surface area contributed by atoms with Gasteiger partial charge in [0.2, 0.25) is 0 Å². The fraction of sp³-hybridized carbons (Fsp3) is 0.409. The first-order chi connectivity index (χ1) is 14.5. The molecule has 0 saturated heterocycles. The average Bonchev–Trinajstić information content (AvgIpc) is 2.74. The highest BCUT2D eigenvalue weighted by Gasteiger charge is 2.16. The van der Waals surface area contributed by atoms with Gasteiger partial charge in [-0.05, 0) is 50.7 Å². The number of amides is 1. The van der Waals surface area contributed by atoms with Crippen LogP contribution in [0.25, 0.3) is 0 Å². The Balaban J connectivity index is 1.95. The van der Waals surface area contributed by atoms with Crippen LogP contribution in [0, 0.1) is 6.92 Å². The van der Waals surface area contributed by atoms with Gasteiger partial charge < -0.3 is 30.5 Å². The van der Waals surface area contributed by atoms with Crippen LogP contribution in [0.4, 0.5) is 5.69 Å². The number of carbonyl (C=O) groups excluding carboxylic acids is 1. The molecule has 0 bridgehead atoms. The van der Waals surface area contributed by atoms with Gasteiger partial charge in [0.25, 0.3) is 5.91 Å². The van der Waals surface area contributed by atoms with Crippen LogP contribution in [0.5, 0.6) is 11.5 Å². The van der Waals surface area contributed by atoms with E-state index in [1.54, 1.807) is 13.2 Å². The molecule has 0 aliphatic rings. The van der Waals surface area contributed by atoms with Crippen LogP contribution in [0.1, 0.15) is 17.5 Å². The molecule has 2 rings (SSSR count). The summed E-state index contributed by atoms with van der Waals surface area (Å²) in [5.74, 6) is 0.870. The first-order valence-corrected chi connectivity index (χ1v) is 10.7. The molecule has 0 radical (unpaired) electrons. The molecule has 1 amide bonds. The number of benzene rings is 2. The predicted octanol–water partition coefficient (Wildman–Crippen LogP) is 2.85. The Bertz CT molecular complexity index is 800. The van der Waals surface area contributed by atoms with Crippen LogP contribution in [0.2, 0.25) is 0 Å². The summed E-state index contributed by atoms with van der Waals surface area (Å²) in [7, 11) is 1.58. The molecule has 0 spiro atoms. The fourth-order valence-electron chi connectivity index (χ4n) is 2.79. The van der Waals surface area contributed by atoms with Gasteiger partial charge in [-0.25, -0.2) is 0 Å². The number of hydrogen-bond donors (Lipinski definition) is 4. The molecular formula is C22H30BrN3O4. The molecule has 7 nitrogen and oxygen atoms in total. The molecule has 0 fully saturated rings. The highest BCUT2D eigenvalue weighted by molar-refractivity contribution is 9.10. The number of aliphatic hydroxyl groups excluding tert-OH is 1. The van der Waals surface area contributed by atoms with Gasteiger partial charge in [-0.15, -0.1) is 0 Å². The van der Waals surface area contributed by atoms with Crippen LogP contribution in [0.15, 0.2) is 40.9 Å². The maximum atomic E-state index is 12.3. The van der Waals surface area contributed by atoms with E-state index >= 15 is 0 Å². The summed E-state index contributed by atoms with van der Waals surface area (Å²) in [5, 5.41) is 18.1. The lowest BCUT2D eigenvalue weighted by Gasteiger charge is -2.17. The van der Waals surface area contributed by atoms with Crippen molar-refractivity contribution >= 4 is 27.5 Å². The molecule has 0 aliphatic heterocycles. The first-order valence-electron chi connectivity index (χ1n) is 9.92. The normalized spacial score (nSPS) is 10.7. The van der Waals surface area contributed by atoms with E-state index in [4.69, 9.17) is 14.6 Å². The van der Waals surface area contributed by atoms with Crippen molar-refractivity contribution in [1.29, 1.82) is 0 Å². The van der Waals surface area contributed by atoms with Gasteiger partial charge in [-0.3, -0.25) is 4.79 Å². The molecule has 0 saturated carbocycles. The zero-order valence-electron chi connectivity index (χ0n) is 17.5. The zero-order valence-corrected chi connectivity index (χ0v) is 19.0. The van der Waals surface area contributed by atoms with Crippen LogP contribution in [-0.4, -0.2) is 51.0 Å². The van der Waals surface area contributed by atoms with E-state index < -0.39 is 0 Å². The number of aryl methyl sites for hydroxylation is 1. The number of methoxy groups -OCH3 is 1. The Morgan fingerprint density at radius 2 is 1.80 bits per heavy atom. The van der Waals surface area contributed by atoms with Crippen LogP contribution in [-0.2, 0) is 11.3 Å². The lowest BCUT2D eigenvalue weighted by molar-refractivity contribution is -0.118. The minimum absolute atomic E-state index is 0.126. The van der Waals surface area contributed by atoms with E-state index in [0.717, 1.165) is 40.8 Å². The number of ether oxygens (including phenoxy) is 2. The summed E-state index contributed by atoms with van der Waals surface area (Å²) < 4.78 is 12.2. The van der Waals surface area contributed by atoms with Crippen molar-refractivity contribution in [3.05, 3.63) is 52.0 Å². The Kier molecular flexibility index (Phi) is 10.6. The number of aliphatic hydroxyl groups is 1. The van der Waals surface area contributed by atoms with Gasteiger partial charge in [0.1, 0.15) is 0 Å². The monoisotopic (exact) mass is 479 g/mol. The van der Waals surface area contributed by atoms with Crippen molar-refractivity contribution in [3.63, 3.8) is 0 Å². The molecular weight excluding hydrogens is 450 g/mol. The summed E-state index contributed by atoms with van der Waals surface area (Å²) >= 11 is 3.57. The second kappa shape index (κ2) is 13.2. The lowest BCUT2D eigenvalue weighted by Crippen LogP contribution is -2.24. The Labute approximate surface area is 186 Å². The number of nitrogens with one attached hydrogen (secondary N) is 3. The molecule has 0 aromatic heterocycles. The van der Waals surface area contributed by atoms with E-state index in [1.807, 2.05) is 37.3 Å². The second-order valence-electron chi connectivity index (χ2n) is 6.76. The molecule has 164 valence electrons. The molecule has 0 atom stereocenters. The van der Waals surface area contributed by atoms with Crippen molar-refractivity contribution in [2.75, 3.05) is 45.3 Å². The maximum absolute atomic E-state index is 12.3. The average molecular weight is 480 g/mol. The number of halogens is 1. The quantitative estimate of drug-likeness (QED) is 0.330. The van der Waals surface area contributed by atoms with Crippen LogP contribution in [0.3, 0.4) is 0 Å². The first kappa shape index (κ1) is 24.1. The van der Waals surface area contributed by atoms with E-state index in [1.165, 1.54) is 0 Å². The standard InChI is InChI=1S/C22H30BrN3O4/c1-16-4-6-17(7-5-16)26-21(28)15-30-22-18(19(23)8-9-20(22)29-2)14-25-11-3-10-24-12-13-27/h4-9,24-25,27H,3,10-15H2,1-2H3,(H,26,28). The fourth-order valence-corrected chi connectivity index (χ4v) is 3.25. The summed E-state index contributed by atoms with van der Waals surface area (Å²) in [4.78, 5) is 12.3. The molecule has 8 heteroatoms. The summed E-state index contributed by atoms with van der Waals surface area (Å²) in [6.45, 7) is 4.80. The summed E-state index contributed by atoms with van der Waals surface area (Å²) in [5.41, 5.74) is 2.75. The summed E-state index contributed by atoms with van der Waals surface area (Å²) in [6.07, 6.45) is 0.927. The van der Waals surface area contributed by atoms with Gasteiger partial charge >= 0.3 is 0 Å². The van der Waals surface area contributed by atoms with Crippen molar-refractivity contribution < 1.29 is 19.4 Å². The second-order valence-corrected chi connectivity index (χ2v) is 7.62. The Morgan fingerprint density at radius 1 is 1.07 bits per heavy atom. The molecule has 0 unspecified atom stereocenters. The van der Waals surface area contributed by atoms with Crippen LogP contribution < -0.4 is 25.4 Å². The molecule has 0 heterocycles. The third-order valence-electron chi connectivity index (χ3n) is 4.37. The zero-order chi connectivity index (χ0) is 21.8. The molecule has 2 aromatic carbocycles. The van der Waals surface area contributed by atoms with Crippen molar-refractivity contribution in [2.24, 2.45) is 0 Å². The van der Waals surface area contributed by atoms with E-state index in [0.29, 0.717) is 24.6 Å². The maximum Gasteiger partial charge on any atom is 0.262 e. The molecule has 0 aliphatic carbocycles.